The van der Waals surface area contributed by atoms with Gasteiger partial charge < -0.3 is 20.1 Å². The van der Waals surface area contributed by atoms with E-state index < -0.39 is 0 Å². The highest BCUT2D eigenvalue weighted by Gasteiger charge is 2.05. The van der Waals surface area contributed by atoms with Gasteiger partial charge in [-0.1, -0.05) is 12.1 Å². The largest absolute Gasteiger partial charge is 0.493 e. The highest BCUT2D eigenvalue weighted by Crippen LogP contribution is 2.25. The molecule has 0 aromatic heterocycles. The molecule has 6 heteroatoms. The summed E-state index contributed by atoms with van der Waals surface area (Å²) in [6.45, 7) is 2.16. The van der Waals surface area contributed by atoms with Crippen LogP contribution in [0.25, 0.3) is 0 Å². The number of ether oxygens (including phenoxy) is 2. The Morgan fingerprint density at radius 3 is 2.29 bits per heavy atom. The van der Waals surface area contributed by atoms with Crippen LogP contribution in [-0.4, -0.2) is 32.1 Å². The van der Waals surface area contributed by atoms with Gasteiger partial charge in [-0.25, -0.2) is 4.79 Å². The summed E-state index contributed by atoms with van der Waals surface area (Å²) >= 11 is 0. The molecular weight excluding hydrogens is 308 g/mol. The Morgan fingerprint density at radius 2 is 1.67 bits per heavy atom. The maximum atomic E-state index is 11.8. The van der Waals surface area contributed by atoms with Crippen molar-refractivity contribution >= 4 is 17.5 Å². The number of carbonyl (C=O) groups excluding carboxylic acids is 2. The second-order valence-corrected chi connectivity index (χ2v) is 5.01. The zero-order valence-electron chi connectivity index (χ0n) is 13.7. The third-order valence-electron chi connectivity index (χ3n) is 3.26. The topological polar surface area (TPSA) is 76.7 Å². The van der Waals surface area contributed by atoms with Gasteiger partial charge in [0.15, 0.2) is 17.3 Å². The highest BCUT2D eigenvalue weighted by molar-refractivity contribution is 5.95. The van der Waals surface area contributed by atoms with E-state index in [9.17, 15) is 9.59 Å². The number of methoxy groups -OCH3 is 1. The van der Waals surface area contributed by atoms with Crippen LogP contribution in [0.1, 0.15) is 17.3 Å². The fourth-order valence-electron chi connectivity index (χ4n) is 2.03. The van der Waals surface area contributed by atoms with Crippen molar-refractivity contribution in [3.8, 4) is 11.5 Å². The monoisotopic (exact) mass is 328 g/mol. The summed E-state index contributed by atoms with van der Waals surface area (Å²) in [6, 6.07) is 13.7. The van der Waals surface area contributed by atoms with E-state index in [1.165, 1.54) is 6.92 Å². The number of para-hydroxylation sites is 2. The second-order valence-electron chi connectivity index (χ2n) is 5.01. The van der Waals surface area contributed by atoms with E-state index in [1.54, 1.807) is 43.5 Å². The fraction of sp³-hybridized carbons (Fsp3) is 0.222. The molecule has 0 aliphatic heterocycles. The quantitative estimate of drug-likeness (QED) is 0.605. The fourth-order valence-corrected chi connectivity index (χ4v) is 2.03. The van der Waals surface area contributed by atoms with Crippen molar-refractivity contribution in [2.24, 2.45) is 0 Å². The van der Waals surface area contributed by atoms with Crippen LogP contribution >= 0.6 is 0 Å². The Kier molecular flexibility index (Phi) is 6.19. The Hall–Kier alpha value is -3.02. The molecule has 6 nitrogen and oxygen atoms in total. The molecule has 0 saturated heterocycles. The van der Waals surface area contributed by atoms with Crippen molar-refractivity contribution in [3.63, 3.8) is 0 Å². The molecule has 0 heterocycles. The van der Waals surface area contributed by atoms with Gasteiger partial charge in [0, 0.05) is 11.3 Å². The Balaban J connectivity index is 1.74. The van der Waals surface area contributed by atoms with Gasteiger partial charge in [0.05, 0.1) is 13.7 Å². The average Bonchev–Trinajstić information content (AvgIpc) is 2.59. The molecule has 24 heavy (non-hydrogen) atoms. The first kappa shape index (κ1) is 17.3. The number of anilines is 1. The lowest BCUT2D eigenvalue weighted by Gasteiger charge is -2.11. The second kappa shape index (κ2) is 8.57. The van der Waals surface area contributed by atoms with Crippen molar-refractivity contribution in [3.05, 3.63) is 54.1 Å². The molecule has 2 rings (SSSR count). The molecule has 0 saturated carbocycles. The zero-order chi connectivity index (χ0) is 17.4. The van der Waals surface area contributed by atoms with Crippen LogP contribution in [-0.2, 0) is 0 Å². The Bertz CT molecular complexity index is 698. The third kappa shape index (κ3) is 5.01. The predicted octanol–water partition coefficient (Wildman–Crippen LogP) is 3.10. The van der Waals surface area contributed by atoms with Crippen molar-refractivity contribution in [1.82, 2.24) is 5.32 Å². The molecule has 2 amide bonds. The van der Waals surface area contributed by atoms with Crippen LogP contribution in [0.3, 0.4) is 0 Å². The van der Waals surface area contributed by atoms with Gasteiger partial charge in [0.2, 0.25) is 0 Å². The maximum absolute atomic E-state index is 11.8. The first-order valence-corrected chi connectivity index (χ1v) is 7.52. The van der Waals surface area contributed by atoms with E-state index in [-0.39, 0.29) is 11.8 Å². The standard InChI is InChI=1S/C18H20N2O4/c1-13(21)14-7-9-15(10-8-14)20-18(22)19-11-12-24-17-6-4-3-5-16(17)23-2/h3-10H,11-12H2,1-2H3,(H2,19,20,22). The normalized spacial score (nSPS) is 9.92. The lowest BCUT2D eigenvalue weighted by Crippen LogP contribution is -2.32. The SMILES string of the molecule is COc1ccccc1OCCNC(=O)Nc1ccc(C(C)=O)cc1. The molecule has 0 spiro atoms. The molecule has 2 aromatic rings. The summed E-state index contributed by atoms with van der Waals surface area (Å²) in [6.07, 6.45) is 0. The van der Waals surface area contributed by atoms with E-state index in [2.05, 4.69) is 10.6 Å². The van der Waals surface area contributed by atoms with E-state index in [0.717, 1.165) is 0 Å². The number of rotatable bonds is 7. The van der Waals surface area contributed by atoms with Gasteiger partial charge in [-0.05, 0) is 43.3 Å². The molecule has 0 aliphatic rings. The van der Waals surface area contributed by atoms with Crippen LogP contribution in [0, 0.1) is 0 Å². The molecule has 0 aliphatic carbocycles. The summed E-state index contributed by atoms with van der Waals surface area (Å²) in [5.74, 6) is 1.26. The molecule has 2 aromatic carbocycles. The van der Waals surface area contributed by atoms with Crippen molar-refractivity contribution in [2.75, 3.05) is 25.6 Å². The van der Waals surface area contributed by atoms with Crippen molar-refractivity contribution in [1.29, 1.82) is 0 Å². The van der Waals surface area contributed by atoms with Crippen LogP contribution in [0.5, 0.6) is 11.5 Å². The predicted molar refractivity (Wildman–Crippen MR) is 92.0 cm³/mol. The number of nitrogens with one attached hydrogen (secondary N) is 2. The van der Waals surface area contributed by atoms with Crippen LogP contribution in [0.15, 0.2) is 48.5 Å². The number of ketones is 1. The Morgan fingerprint density at radius 1 is 1.00 bits per heavy atom. The minimum Gasteiger partial charge on any atom is -0.493 e. The summed E-state index contributed by atoms with van der Waals surface area (Å²) in [5.41, 5.74) is 1.22. The van der Waals surface area contributed by atoms with Gasteiger partial charge in [0.1, 0.15) is 6.61 Å². The summed E-state index contributed by atoms with van der Waals surface area (Å²) in [5, 5.41) is 5.38. The molecular formula is C18H20N2O4. The molecule has 2 N–H and O–H groups in total. The molecule has 0 fully saturated rings. The van der Waals surface area contributed by atoms with E-state index in [0.29, 0.717) is 35.9 Å². The molecule has 0 bridgehead atoms. The van der Waals surface area contributed by atoms with Gasteiger partial charge in [-0.3, -0.25) is 4.79 Å². The lowest BCUT2D eigenvalue weighted by molar-refractivity contribution is 0.101. The highest BCUT2D eigenvalue weighted by atomic mass is 16.5. The average molecular weight is 328 g/mol. The summed E-state index contributed by atoms with van der Waals surface area (Å²) in [7, 11) is 1.57. The number of hydrogen-bond acceptors (Lipinski definition) is 4. The number of hydrogen-bond donors (Lipinski definition) is 2. The first-order chi connectivity index (χ1) is 11.6. The van der Waals surface area contributed by atoms with E-state index >= 15 is 0 Å². The first-order valence-electron chi connectivity index (χ1n) is 7.52. The number of urea groups is 1. The molecule has 0 atom stereocenters. The smallest absolute Gasteiger partial charge is 0.319 e. The number of amides is 2. The van der Waals surface area contributed by atoms with Gasteiger partial charge >= 0.3 is 6.03 Å². The minimum absolute atomic E-state index is 0.0144. The summed E-state index contributed by atoms with van der Waals surface area (Å²) in [4.78, 5) is 23.0. The molecule has 0 unspecified atom stereocenters. The van der Waals surface area contributed by atoms with Crippen LogP contribution < -0.4 is 20.1 Å². The summed E-state index contributed by atoms with van der Waals surface area (Å²) < 4.78 is 10.7. The van der Waals surface area contributed by atoms with Crippen LogP contribution in [0.2, 0.25) is 0 Å². The van der Waals surface area contributed by atoms with Gasteiger partial charge in [0.25, 0.3) is 0 Å². The van der Waals surface area contributed by atoms with Crippen molar-refractivity contribution < 1.29 is 19.1 Å². The van der Waals surface area contributed by atoms with E-state index in [4.69, 9.17) is 9.47 Å². The molecule has 126 valence electrons. The van der Waals surface area contributed by atoms with Gasteiger partial charge in [-0.15, -0.1) is 0 Å². The minimum atomic E-state index is -0.339. The maximum Gasteiger partial charge on any atom is 0.319 e. The third-order valence-corrected chi connectivity index (χ3v) is 3.26. The van der Waals surface area contributed by atoms with Gasteiger partial charge in [-0.2, -0.15) is 0 Å². The van der Waals surface area contributed by atoms with Crippen molar-refractivity contribution in [2.45, 2.75) is 6.92 Å². The number of carbonyl (C=O) groups is 2. The zero-order valence-corrected chi connectivity index (χ0v) is 13.7. The lowest BCUT2D eigenvalue weighted by atomic mass is 10.1. The molecule has 0 radical (unpaired) electrons. The number of Topliss-reactive ketones (excluding diaryl/α,β-unsaturated/α-hetero) is 1. The van der Waals surface area contributed by atoms with E-state index in [1.807, 2.05) is 12.1 Å². The number of benzene rings is 2. The Labute approximate surface area is 140 Å². The van der Waals surface area contributed by atoms with Crippen LogP contribution in [0.4, 0.5) is 10.5 Å².